The van der Waals surface area contributed by atoms with E-state index in [1.165, 1.54) is 0 Å². The average Bonchev–Trinajstić information content (AvgIpc) is 2.80. The van der Waals surface area contributed by atoms with Gasteiger partial charge in [0.2, 0.25) is 0 Å². The molecule has 4 heterocycles. The van der Waals surface area contributed by atoms with Crippen molar-refractivity contribution in [3.63, 3.8) is 0 Å². The highest BCUT2D eigenvalue weighted by Gasteiger charge is 2.25. The Hall–Kier alpha value is -2.02. The van der Waals surface area contributed by atoms with E-state index in [-0.39, 0.29) is 11.7 Å². The number of carbonyl (C=O) groups excluding carboxylic acids is 1. The van der Waals surface area contributed by atoms with Gasteiger partial charge in [-0.2, -0.15) is 0 Å². The molecule has 0 aromatic carbocycles. The first-order valence-corrected chi connectivity index (χ1v) is 11.6. The van der Waals surface area contributed by atoms with Crippen LogP contribution in [0.3, 0.4) is 0 Å². The number of halogens is 1. The lowest BCUT2D eigenvalue weighted by atomic mass is 9.87. The van der Waals surface area contributed by atoms with Crippen LogP contribution in [-0.4, -0.2) is 48.6 Å². The molecule has 2 fully saturated rings. The summed E-state index contributed by atoms with van der Waals surface area (Å²) in [6.45, 7) is 6.48. The van der Waals surface area contributed by atoms with Gasteiger partial charge in [0.05, 0.1) is 10.7 Å². The van der Waals surface area contributed by atoms with E-state index in [4.69, 9.17) is 21.3 Å². The molecule has 0 spiro atoms. The first-order chi connectivity index (χ1) is 15.1. The zero-order chi connectivity index (χ0) is 21.6. The average molecular weight is 443 g/mol. The summed E-state index contributed by atoms with van der Waals surface area (Å²) < 4.78 is 5.43. The molecule has 31 heavy (non-hydrogen) atoms. The molecule has 2 aliphatic rings. The number of nitrogens with one attached hydrogen (secondary N) is 2. The molecule has 4 rings (SSSR count). The van der Waals surface area contributed by atoms with Gasteiger partial charge < -0.3 is 15.4 Å². The SMILES string of the molecule is C[C@H]1CNC[C@@H](C(=O)Cc2cc(-c3cccc(NCC4CCOCC4)n3)c(Cl)cn2)C1. The van der Waals surface area contributed by atoms with Crippen LogP contribution >= 0.6 is 11.6 Å². The molecule has 2 atom stereocenters. The number of anilines is 1. The first kappa shape index (κ1) is 22.2. The molecular formula is C24H31ClN4O2. The molecular weight excluding hydrogens is 412 g/mol. The Labute approximate surface area is 189 Å². The van der Waals surface area contributed by atoms with Gasteiger partial charge in [-0.1, -0.05) is 24.6 Å². The van der Waals surface area contributed by atoms with E-state index in [1.54, 1.807) is 6.20 Å². The molecule has 7 heteroatoms. The van der Waals surface area contributed by atoms with E-state index in [2.05, 4.69) is 22.5 Å². The number of hydrogen-bond donors (Lipinski definition) is 2. The van der Waals surface area contributed by atoms with Gasteiger partial charge in [0.25, 0.3) is 0 Å². The number of ketones is 1. The molecule has 0 radical (unpaired) electrons. The van der Waals surface area contributed by atoms with E-state index >= 15 is 0 Å². The Morgan fingerprint density at radius 1 is 1.29 bits per heavy atom. The number of ether oxygens (including phenoxy) is 1. The van der Waals surface area contributed by atoms with Gasteiger partial charge in [-0.3, -0.25) is 9.78 Å². The summed E-state index contributed by atoms with van der Waals surface area (Å²) >= 11 is 6.45. The van der Waals surface area contributed by atoms with Crippen molar-refractivity contribution in [1.82, 2.24) is 15.3 Å². The van der Waals surface area contributed by atoms with Crippen molar-refractivity contribution in [1.29, 1.82) is 0 Å². The first-order valence-electron chi connectivity index (χ1n) is 11.3. The van der Waals surface area contributed by atoms with Crippen LogP contribution in [0.2, 0.25) is 5.02 Å². The van der Waals surface area contributed by atoms with E-state index < -0.39 is 0 Å². The smallest absolute Gasteiger partial charge is 0.143 e. The number of aromatic nitrogens is 2. The van der Waals surface area contributed by atoms with Crippen molar-refractivity contribution < 1.29 is 9.53 Å². The van der Waals surface area contributed by atoms with Gasteiger partial charge in [-0.05, 0) is 55.8 Å². The third kappa shape index (κ3) is 6.03. The summed E-state index contributed by atoms with van der Waals surface area (Å²) in [5.41, 5.74) is 2.33. The number of rotatable bonds is 7. The molecule has 0 amide bonds. The minimum atomic E-state index is 0.0560. The maximum absolute atomic E-state index is 12.8. The summed E-state index contributed by atoms with van der Waals surface area (Å²) in [7, 11) is 0. The molecule has 0 aliphatic carbocycles. The van der Waals surface area contributed by atoms with Gasteiger partial charge in [0, 0.05) is 56.1 Å². The lowest BCUT2D eigenvalue weighted by Crippen LogP contribution is -2.39. The van der Waals surface area contributed by atoms with Crippen LogP contribution in [0, 0.1) is 17.8 Å². The lowest BCUT2D eigenvalue weighted by Gasteiger charge is -2.26. The van der Waals surface area contributed by atoms with E-state index in [0.717, 1.165) is 74.9 Å². The molecule has 0 bridgehead atoms. The normalized spacial score (nSPS) is 22.3. The fourth-order valence-corrected chi connectivity index (χ4v) is 4.58. The summed E-state index contributed by atoms with van der Waals surface area (Å²) in [6.07, 6.45) is 5.05. The fraction of sp³-hybridized carbons (Fsp3) is 0.542. The Bertz CT molecular complexity index is 901. The van der Waals surface area contributed by atoms with Crippen molar-refractivity contribution in [2.45, 2.75) is 32.6 Å². The molecule has 0 unspecified atom stereocenters. The Kier molecular flexibility index (Phi) is 7.54. The Morgan fingerprint density at radius 3 is 2.94 bits per heavy atom. The highest BCUT2D eigenvalue weighted by molar-refractivity contribution is 6.33. The second-order valence-corrected chi connectivity index (χ2v) is 9.25. The van der Waals surface area contributed by atoms with Gasteiger partial charge >= 0.3 is 0 Å². The molecule has 2 N–H and O–H groups in total. The summed E-state index contributed by atoms with van der Waals surface area (Å²) in [4.78, 5) is 22.0. The van der Waals surface area contributed by atoms with Gasteiger partial charge in [-0.15, -0.1) is 0 Å². The molecule has 2 aliphatic heterocycles. The molecule has 6 nitrogen and oxygen atoms in total. The minimum absolute atomic E-state index is 0.0560. The predicted molar refractivity (Wildman–Crippen MR) is 123 cm³/mol. The van der Waals surface area contributed by atoms with Gasteiger partial charge in [0.15, 0.2) is 0 Å². The maximum Gasteiger partial charge on any atom is 0.143 e. The summed E-state index contributed by atoms with van der Waals surface area (Å²) in [5, 5.41) is 7.34. The monoisotopic (exact) mass is 442 g/mol. The van der Waals surface area contributed by atoms with Crippen LogP contribution in [0.5, 0.6) is 0 Å². The van der Waals surface area contributed by atoms with Crippen molar-refractivity contribution in [3.8, 4) is 11.3 Å². The fourth-order valence-electron chi connectivity index (χ4n) is 4.38. The van der Waals surface area contributed by atoms with Crippen molar-refractivity contribution in [2.24, 2.45) is 17.8 Å². The summed E-state index contributed by atoms with van der Waals surface area (Å²) in [6, 6.07) is 7.80. The number of pyridine rings is 2. The predicted octanol–water partition coefficient (Wildman–Crippen LogP) is 3.99. The van der Waals surface area contributed by atoms with Crippen molar-refractivity contribution in [3.05, 3.63) is 41.2 Å². The van der Waals surface area contributed by atoms with E-state index in [0.29, 0.717) is 23.3 Å². The van der Waals surface area contributed by atoms with E-state index in [1.807, 2.05) is 24.3 Å². The van der Waals surface area contributed by atoms with Crippen LogP contribution < -0.4 is 10.6 Å². The van der Waals surface area contributed by atoms with Crippen LogP contribution in [0.4, 0.5) is 5.82 Å². The number of piperidine rings is 1. The number of carbonyl (C=O) groups is 1. The Balaban J connectivity index is 1.44. The van der Waals surface area contributed by atoms with Crippen LogP contribution in [0.1, 0.15) is 31.9 Å². The lowest BCUT2D eigenvalue weighted by molar-refractivity contribution is -0.123. The molecule has 166 valence electrons. The van der Waals surface area contributed by atoms with Crippen molar-refractivity contribution in [2.75, 3.05) is 38.2 Å². The van der Waals surface area contributed by atoms with Crippen LogP contribution in [-0.2, 0) is 16.0 Å². The second kappa shape index (κ2) is 10.5. The largest absolute Gasteiger partial charge is 0.381 e. The van der Waals surface area contributed by atoms with E-state index in [9.17, 15) is 4.79 Å². The Morgan fingerprint density at radius 2 is 2.13 bits per heavy atom. The van der Waals surface area contributed by atoms with Crippen LogP contribution in [0.15, 0.2) is 30.5 Å². The third-order valence-corrected chi connectivity index (χ3v) is 6.53. The van der Waals surface area contributed by atoms with Crippen LogP contribution in [0.25, 0.3) is 11.3 Å². The number of Topliss-reactive ketones (excluding diaryl/α,β-unsaturated/α-hetero) is 1. The molecule has 2 saturated heterocycles. The quantitative estimate of drug-likeness (QED) is 0.675. The number of nitrogens with zero attached hydrogens (tertiary/aromatic N) is 2. The highest BCUT2D eigenvalue weighted by atomic mass is 35.5. The third-order valence-electron chi connectivity index (χ3n) is 6.23. The zero-order valence-corrected chi connectivity index (χ0v) is 18.8. The van der Waals surface area contributed by atoms with Gasteiger partial charge in [-0.25, -0.2) is 4.98 Å². The zero-order valence-electron chi connectivity index (χ0n) is 18.1. The standard InChI is InChI=1S/C24H31ClN4O2/c1-16-9-18(14-26-12-16)23(30)11-19-10-20(21(25)15-27-19)22-3-2-4-24(29-22)28-13-17-5-7-31-8-6-17/h2-4,10,15-18,26H,5-9,11-14H2,1H3,(H,28,29)/t16-,18+/m1/s1. The second-order valence-electron chi connectivity index (χ2n) is 8.84. The van der Waals surface area contributed by atoms with Gasteiger partial charge in [0.1, 0.15) is 11.6 Å². The highest BCUT2D eigenvalue weighted by Crippen LogP contribution is 2.28. The summed E-state index contributed by atoms with van der Waals surface area (Å²) in [5.74, 6) is 2.26. The minimum Gasteiger partial charge on any atom is -0.381 e. The van der Waals surface area contributed by atoms with Crippen molar-refractivity contribution >= 4 is 23.2 Å². The topological polar surface area (TPSA) is 76.1 Å². The molecule has 0 saturated carbocycles. The molecule has 2 aromatic rings. The number of hydrogen-bond acceptors (Lipinski definition) is 6. The molecule has 2 aromatic heterocycles. The maximum atomic E-state index is 12.8.